The normalized spacial score (nSPS) is 16.9. The Morgan fingerprint density at radius 2 is 1.76 bits per heavy atom. The highest BCUT2D eigenvalue weighted by atomic mass is 19.1. The number of nitrogens with one attached hydrogen (secondary N) is 1. The van der Waals surface area contributed by atoms with Gasteiger partial charge in [-0.05, 0) is 25.9 Å². The molecule has 0 bridgehead atoms. The lowest BCUT2D eigenvalue weighted by molar-refractivity contribution is 0.148. The highest BCUT2D eigenvalue weighted by Crippen LogP contribution is 2.28. The Balaban J connectivity index is 2.14. The number of rotatable bonds is 3. The zero-order valence-corrected chi connectivity index (χ0v) is 9.63. The quantitative estimate of drug-likeness (QED) is 0.882. The van der Waals surface area contributed by atoms with Crippen LogP contribution in [-0.2, 0) is 0 Å². The van der Waals surface area contributed by atoms with Gasteiger partial charge in [-0.15, -0.1) is 0 Å². The molecule has 1 aromatic rings. The van der Waals surface area contributed by atoms with Crippen molar-refractivity contribution in [2.24, 2.45) is 0 Å². The Morgan fingerprint density at radius 1 is 1.18 bits per heavy atom. The van der Waals surface area contributed by atoms with Crippen LogP contribution in [0.2, 0.25) is 0 Å². The standard InChI is InChI=1S/C12H15F2NO2/c1-16-9-6-10(13)12(11(14)7-9)17-8-2-4-15-5-3-8/h6-8,15H,2-5H2,1H3. The Morgan fingerprint density at radius 3 is 2.29 bits per heavy atom. The Hall–Kier alpha value is -1.36. The van der Waals surface area contributed by atoms with E-state index >= 15 is 0 Å². The van der Waals surface area contributed by atoms with Gasteiger partial charge in [-0.3, -0.25) is 0 Å². The number of hydrogen-bond acceptors (Lipinski definition) is 3. The van der Waals surface area contributed by atoms with Gasteiger partial charge in [-0.1, -0.05) is 0 Å². The maximum atomic E-state index is 13.6. The highest BCUT2D eigenvalue weighted by molar-refractivity contribution is 5.35. The van der Waals surface area contributed by atoms with Gasteiger partial charge in [-0.2, -0.15) is 0 Å². The summed E-state index contributed by atoms with van der Waals surface area (Å²) in [5, 5.41) is 3.16. The second-order valence-electron chi connectivity index (χ2n) is 3.99. The molecular weight excluding hydrogens is 228 g/mol. The van der Waals surface area contributed by atoms with Crippen LogP contribution < -0.4 is 14.8 Å². The molecule has 1 aliphatic rings. The zero-order valence-electron chi connectivity index (χ0n) is 9.63. The fraction of sp³-hybridized carbons (Fsp3) is 0.500. The van der Waals surface area contributed by atoms with Crippen LogP contribution in [0.1, 0.15) is 12.8 Å². The Kier molecular flexibility index (Phi) is 3.78. The van der Waals surface area contributed by atoms with Crippen LogP contribution in [0.15, 0.2) is 12.1 Å². The van der Waals surface area contributed by atoms with Crippen molar-refractivity contribution in [3.8, 4) is 11.5 Å². The number of hydrogen-bond donors (Lipinski definition) is 1. The summed E-state index contributed by atoms with van der Waals surface area (Å²) in [4.78, 5) is 0. The number of benzene rings is 1. The van der Waals surface area contributed by atoms with Crippen molar-refractivity contribution in [3.05, 3.63) is 23.8 Å². The van der Waals surface area contributed by atoms with Gasteiger partial charge in [0.2, 0.25) is 0 Å². The van der Waals surface area contributed by atoms with Gasteiger partial charge in [0.15, 0.2) is 17.4 Å². The smallest absolute Gasteiger partial charge is 0.191 e. The number of halogens is 2. The van der Waals surface area contributed by atoms with E-state index in [1.54, 1.807) is 0 Å². The molecule has 0 unspecified atom stereocenters. The molecule has 5 heteroatoms. The second kappa shape index (κ2) is 5.31. The van der Waals surface area contributed by atoms with E-state index in [0.717, 1.165) is 38.1 Å². The molecule has 3 nitrogen and oxygen atoms in total. The van der Waals surface area contributed by atoms with E-state index in [0.29, 0.717) is 0 Å². The first kappa shape index (κ1) is 12.1. The van der Waals surface area contributed by atoms with Crippen LogP contribution >= 0.6 is 0 Å². The summed E-state index contributed by atoms with van der Waals surface area (Å²) < 4.78 is 37.3. The number of piperidine rings is 1. The van der Waals surface area contributed by atoms with Gasteiger partial charge in [0.25, 0.3) is 0 Å². The lowest BCUT2D eigenvalue weighted by Gasteiger charge is -2.24. The third kappa shape index (κ3) is 2.85. The molecule has 0 atom stereocenters. The van der Waals surface area contributed by atoms with Gasteiger partial charge in [0.05, 0.1) is 7.11 Å². The fourth-order valence-electron chi connectivity index (χ4n) is 1.85. The molecular formula is C12H15F2NO2. The molecule has 0 aliphatic carbocycles. The monoisotopic (exact) mass is 243 g/mol. The third-order valence-electron chi connectivity index (χ3n) is 2.78. The van der Waals surface area contributed by atoms with Crippen molar-refractivity contribution in [2.75, 3.05) is 20.2 Å². The summed E-state index contributed by atoms with van der Waals surface area (Å²) in [7, 11) is 1.36. The summed E-state index contributed by atoms with van der Waals surface area (Å²) in [5.41, 5.74) is 0. The molecule has 1 saturated heterocycles. The first-order valence-corrected chi connectivity index (χ1v) is 5.61. The van der Waals surface area contributed by atoms with E-state index in [2.05, 4.69) is 5.32 Å². The van der Waals surface area contributed by atoms with Crippen molar-refractivity contribution in [1.29, 1.82) is 0 Å². The number of methoxy groups -OCH3 is 1. The molecule has 0 aromatic heterocycles. The van der Waals surface area contributed by atoms with Crippen LogP contribution in [0.4, 0.5) is 8.78 Å². The van der Waals surface area contributed by atoms with E-state index in [1.165, 1.54) is 7.11 Å². The topological polar surface area (TPSA) is 30.5 Å². The van der Waals surface area contributed by atoms with Crippen molar-refractivity contribution >= 4 is 0 Å². The second-order valence-corrected chi connectivity index (χ2v) is 3.99. The first-order valence-electron chi connectivity index (χ1n) is 5.61. The van der Waals surface area contributed by atoms with Crippen LogP contribution in [0.25, 0.3) is 0 Å². The summed E-state index contributed by atoms with van der Waals surface area (Å²) in [5.74, 6) is -1.60. The molecule has 0 spiro atoms. The molecule has 1 aromatic carbocycles. The van der Waals surface area contributed by atoms with Crippen molar-refractivity contribution in [3.63, 3.8) is 0 Å². The van der Waals surface area contributed by atoms with Crippen LogP contribution in [0.3, 0.4) is 0 Å². The average molecular weight is 243 g/mol. The predicted molar refractivity (Wildman–Crippen MR) is 59.4 cm³/mol. The van der Waals surface area contributed by atoms with Gasteiger partial charge < -0.3 is 14.8 Å². The molecule has 1 N–H and O–H groups in total. The zero-order chi connectivity index (χ0) is 12.3. The minimum atomic E-state index is -0.722. The van der Waals surface area contributed by atoms with Crippen LogP contribution in [-0.4, -0.2) is 26.3 Å². The highest BCUT2D eigenvalue weighted by Gasteiger charge is 2.20. The van der Waals surface area contributed by atoms with Crippen molar-refractivity contribution in [1.82, 2.24) is 5.32 Å². The van der Waals surface area contributed by atoms with Gasteiger partial charge in [-0.25, -0.2) is 8.78 Å². The average Bonchev–Trinajstić information content (AvgIpc) is 2.35. The van der Waals surface area contributed by atoms with Gasteiger partial charge in [0.1, 0.15) is 11.9 Å². The third-order valence-corrected chi connectivity index (χ3v) is 2.78. The van der Waals surface area contributed by atoms with E-state index in [9.17, 15) is 8.78 Å². The summed E-state index contributed by atoms with van der Waals surface area (Å²) >= 11 is 0. The molecule has 2 rings (SSSR count). The maximum absolute atomic E-state index is 13.6. The molecule has 1 aliphatic heterocycles. The molecule has 0 amide bonds. The van der Waals surface area contributed by atoms with E-state index < -0.39 is 11.6 Å². The molecule has 1 fully saturated rings. The Bertz CT molecular complexity index is 369. The van der Waals surface area contributed by atoms with Crippen molar-refractivity contribution in [2.45, 2.75) is 18.9 Å². The molecule has 1 heterocycles. The molecule has 0 saturated carbocycles. The number of ether oxygens (including phenoxy) is 2. The van der Waals surface area contributed by atoms with Crippen molar-refractivity contribution < 1.29 is 18.3 Å². The summed E-state index contributed by atoms with van der Waals surface area (Å²) in [6.45, 7) is 1.62. The fourth-order valence-corrected chi connectivity index (χ4v) is 1.85. The Labute approximate surface area is 98.7 Å². The summed E-state index contributed by atoms with van der Waals surface area (Å²) in [6, 6.07) is 2.25. The largest absolute Gasteiger partial charge is 0.497 e. The van der Waals surface area contributed by atoms with E-state index in [-0.39, 0.29) is 17.6 Å². The lowest BCUT2D eigenvalue weighted by Crippen LogP contribution is -2.34. The van der Waals surface area contributed by atoms with E-state index in [4.69, 9.17) is 9.47 Å². The lowest BCUT2D eigenvalue weighted by atomic mass is 10.1. The molecule has 94 valence electrons. The SMILES string of the molecule is COc1cc(F)c(OC2CCNCC2)c(F)c1. The minimum absolute atomic E-state index is 0.131. The van der Waals surface area contributed by atoms with Crippen LogP contribution in [0.5, 0.6) is 11.5 Å². The van der Waals surface area contributed by atoms with E-state index in [1.807, 2.05) is 0 Å². The van der Waals surface area contributed by atoms with Gasteiger partial charge >= 0.3 is 0 Å². The molecule has 17 heavy (non-hydrogen) atoms. The van der Waals surface area contributed by atoms with Gasteiger partial charge in [0, 0.05) is 12.1 Å². The minimum Gasteiger partial charge on any atom is -0.497 e. The van der Waals surface area contributed by atoms with Crippen LogP contribution in [0, 0.1) is 11.6 Å². The first-order chi connectivity index (χ1) is 8.20. The predicted octanol–water partition coefficient (Wildman–Crippen LogP) is 2.10. The molecule has 0 radical (unpaired) electrons. The maximum Gasteiger partial charge on any atom is 0.191 e. The summed E-state index contributed by atoms with van der Waals surface area (Å²) in [6.07, 6.45) is 1.38.